The maximum absolute atomic E-state index is 14.7. The number of aldehydes is 1. The Bertz CT molecular complexity index is 2580. The largest absolute Gasteiger partial charge is 0.501 e. The van der Waals surface area contributed by atoms with E-state index < -0.39 is 59.0 Å². The van der Waals surface area contributed by atoms with Crippen LogP contribution in [-0.2, 0) is 29.4 Å². The normalized spacial score (nSPS) is 19.2. The minimum absolute atomic E-state index is 0.0293. The number of anilines is 2. The van der Waals surface area contributed by atoms with Gasteiger partial charge in [0.2, 0.25) is 6.41 Å². The molecular formula is C54H74F4N6O7S3. The molecule has 2 aliphatic carbocycles. The highest BCUT2D eigenvalue weighted by atomic mass is 32.2. The minimum atomic E-state index is -6.13. The SMILES string of the molecule is CCC(F)C1C[C@@H]1C1=C(CN2CCN(c3ccc(C(=O)NS(=O)(=O)c4ccc(NC(CCN(CCCCCCCC=O)CCNC=O)CSc5ccccc5)c(S(=O)(=O)C(F)(F)F)c4)cc3)CC2)CCC(C)(C)C1. The van der Waals surface area contributed by atoms with Crippen molar-refractivity contribution in [3.8, 4) is 0 Å². The van der Waals surface area contributed by atoms with Gasteiger partial charge in [0.15, 0.2) is 0 Å². The van der Waals surface area contributed by atoms with E-state index in [1.165, 1.54) is 35.0 Å². The van der Waals surface area contributed by atoms with Crippen LogP contribution in [0.2, 0.25) is 0 Å². The molecule has 0 bridgehead atoms. The lowest BCUT2D eigenvalue weighted by Gasteiger charge is -2.39. The molecule has 1 aliphatic heterocycles. The van der Waals surface area contributed by atoms with Gasteiger partial charge >= 0.3 is 5.51 Å². The van der Waals surface area contributed by atoms with Gasteiger partial charge in [-0.15, -0.1) is 11.8 Å². The van der Waals surface area contributed by atoms with Gasteiger partial charge in [-0.2, -0.15) is 13.2 Å². The zero-order valence-electron chi connectivity index (χ0n) is 42.9. The molecule has 1 saturated heterocycles. The van der Waals surface area contributed by atoms with E-state index in [1.54, 1.807) is 12.1 Å². The van der Waals surface area contributed by atoms with Crippen molar-refractivity contribution in [3.63, 3.8) is 0 Å². The second kappa shape index (κ2) is 27.0. The molecule has 3 aliphatic rings. The van der Waals surface area contributed by atoms with Gasteiger partial charge in [-0.05, 0) is 130 Å². The van der Waals surface area contributed by atoms with Crippen LogP contribution < -0.4 is 20.3 Å². The lowest BCUT2D eigenvalue weighted by molar-refractivity contribution is -0.109. The number of allylic oxidation sites excluding steroid dienone is 1. The Labute approximate surface area is 440 Å². The van der Waals surface area contributed by atoms with E-state index in [9.17, 15) is 48.8 Å². The molecule has 2 amide bonds. The number of hydrogen-bond donors (Lipinski definition) is 3. The van der Waals surface area contributed by atoms with E-state index in [4.69, 9.17) is 0 Å². The van der Waals surface area contributed by atoms with E-state index in [1.807, 2.05) is 42.0 Å². The fourth-order valence-corrected chi connectivity index (χ4v) is 13.1. The van der Waals surface area contributed by atoms with Gasteiger partial charge in [-0.1, -0.05) is 69.4 Å². The first-order valence-electron chi connectivity index (χ1n) is 26.0. The number of unbranched alkanes of at least 4 members (excludes halogenated alkanes) is 5. The van der Waals surface area contributed by atoms with Gasteiger partial charge in [0.05, 0.1) is 10.6 Å². The van der Waals surface area contributed by atoms with Crippen molar-refractivity contribution in [2.75, 3.05) is 74.9 Å². The Morgan fingerprint density at radius 3 is 2.28 bits per heavy atom. The Balaban J connectivity index is 1.12. The average Bonchev–Trinajstić information content (AvgIpc) is 4.18. The van der Waals surface area contributed by atoms with Gasteiger partial charge in [-0.25, -0.2) is 25.9 Å². The van der Waals surface area contributed by atoms with Crippen molar-refractivity contribution in [3.05, 3.63) is 89.5 Å². The third kappa shape index (κ3) is 16.7. The Morgan fingerprint density at radius 2 is 1.61 bits per heavy atom. The number of amides is 2. The number of nitrogens with zero attached hydrogens (tertiary/aromatic N) is 3. The molecule has 0 aromatic heterocycles. The molecule has 1 saturated carbocycles. The standard InChI is InChI=1S/C54H74F4N6O7S3/c1-4-49(55)47-35-46(47)48-36-53(2,3)24-22-41(48)37-63-29-31-64(32-30-63)43-18-16-40(17-19-43)52(67)61-74(70,71)45-20-21-50(51(34-45)73(68,69)54(56,57)58)60-42(38-72-44-14-10-9-11-15-44)23-27-62(28-25-59-39-66)26-12-7-5-6-8-13-33-65/h9-11,14-21,33-34,39,42,46-47,49,60H,4-8,12-13,22-32,35-38H2,1-3H3,(H,59,66)(H,61,67)/t42?,46-,47?,49?/m0/s1. The number of sulfonamides is 1. The fourth-order valence-electron chi connectivity index (χ4n) is 10.1. The van der Waals surface area contributed by atoms with Crippen LogP contribution in [0.4, 0.5) is 28.9 Å². The average molecular weight is 1090 g/mol. The lowest BCUT2D eigenvalue weighted by Crippen LogP contribution is -2.47. The third-order valence-electron chi connectivity index (χ3n) is 14.5. The number of rotatable bonds is 30. The van der Waals surface area contributed by atoms with Crippen molar-refractivity contribution in [2.45, 2.75) is 130 Å². The van der Waals surface area contributed by atoms with E-state index in [2.05, 4.69) is 39.2 Å². The summed E-state index contributed by atoms with van der Waals surface area (Å²) in [5.74, 6) is -0.277. The number of piperazine rings is 1. The second-order valence-corrected chi connectivity index (χ2v) is 25.3. The predicted molar refractivity (Wildman–Crippen MR) is 284 cm³/mol. The number of carbonyl (C=O) groups is 3. The lowest BCUT2D eigenvalue weighted by atomic mass is 9.72. The Kier molecular flexibility index (Phi) is 21.4. The van der Waals surface area contributed by atoms with Crippen molar-refractivity contribution in [1.29, 1.82) is 0 Å². The summed E-state index contributed by atoms with van der Waals surface area (Å²) in [6, 6.07) is 17.3. The Morgan fingerprint density at radius 1 is 0.905 bits per heavy atom. The highest BCUT2D eigenvalue weighted by molar-refractivity contribution is 7.99. The van der Waals surface area contributed by atoms with Crippen LogP contribution in [0, 0.1) is 17.3 Å². The number of carbonyl (C=O) groups excluding carboxylic acids is 3. The summed E-state index contributed by atoms with van der Waals surface area (Å²) in [5, 5.41) is 5.66. The predicted octanol–water partition coefficient (Wildman–Crippen LogP) is 9.66. The van der Waals surface area contributed by atoms with Gasteiger partial charge in [0.1, 0.15) is 17.4 Å². The topological polar surface area (TPSA) is 165 Å². The summed E-state index contributed by atoms with van der Waals surface area (Å²) in [4.78, 5) is 40.6. The molecule has 0 spiro atoms. The molecule has 3 N–H and O–H groups in total. The quantitative estimate of drug-likeness (QED) is 0.0191. The number of hydrogen-bond acceptors (Lipinski definition) is 12. The molecule has 3 aromatic rings. The molecule has 3 aromatic carbocycles. The van der Waals surface area contributed by atoms with E-state index in [0.717, 1.165) is 106 Å². The van der Waals surface area contributed by atoms with Crippen LogP contribution in [0.1, 0.15) is 108 Å². The van der Waals surface area contributed by atoms with Crippen molar-refractivity contribution in [1.82, 2.24) is 19.8 Å². The van der Waals surface area contributed by atoms with Crippen LogP contribution in [0.5, 0.6) is 0 Å². The second-order valence-electron chi connectivity index (χ2n) is 20.6. The van der Waals surface area contributed by atoms with Gasteiger partial charge < -0.3 is 25.2 Å². The molecule has 74 heavy (non-hydrogen) atoms. The van der Waals surface area contributed by atoms with Gasteiger partial charge in [-0.3, -0.25) is 14.5 Å². The summed E-state index contributed by atoms with van der Waals surface area (Å²) < 4.78 is 114. The number of halogens is 4. The number of benzene rings is 3. The summed E-state index contributed by atoms with van der Waals surface area (Å²) >= 11 is 1.41. The molecular weight excluding hydrogens is 1020 g/mol. The van der Waals surface area contributed by atoms with Crippen LogP contribution in [-0.4, -0.2) is 128 Å². The number of sulfone groups is 1. The monoisotopic (exact) mass is 1090 g/mol. The van der Waals surface area contributed by atoms with Gasteiger partial charge in [0, 0.05) is 86.7 Å². The van der Waals surface area contributed by atoms with E-state index in [-0.39, 0.29) is 16.9 Å². The van der Waals surface area contributed by atoms with Crippen molar-refractivity contribution in [2.24, 2.45) is 17.3 Å². The first-order valence-corrected chi connectivity index (χ1v) is 29.9. The molecule has 20 heteroatoms. The van der Waals surface area contributed by atoms with E-state index >= 15 is 0 Å². The molecule has 3 unspecified atom stereocenters. The van der Waals surface area contributed by atoms with E-state index in [0.29, 0.717) is 82.7 Å². The van der Waals surface area contributed by atoms with Crippen LogP contribution in [0.3, 0.4) is 0 Å². The summed E-state index contributed by atoms with van der Waals surface area (Å²) in [7, 11) is -11.0. The fraction of sp³-hybridized carbons (Fsp3) is 0.574. The zero-order valence-corrected chi connectivity index (χ0v) is 45.3. The molecule has 0 radical (unpaired) electrons. The molecule has 1 heterocycles. The minimum Gasteiger partial charge on any atom is -0.380 e. The summed E-state index contributed by atoms with van der Waals surface area (Å²) in [6.07, 6.45) is 10.6. The molecule has 2 fully saturated rings. The van der Waals surface area contributed by atoms with Gasteiger partial charge in [0.25, 0.3) is 25.8 Å². The maximum Gasteiger partial charge on any atom is 0.501 e. The highest BCUT2D eigenvalue weighted by Crippen LogP contribution is 2.55. The molecule has 4 atom stereocenters. The van der Waals surface area contributed by atoms with Crippen LogP contribution in [0.25, 0.3) is 0 Å². The summed E-state index contributed by atoms with van der Waals surface area (Å²) in [6.45, 7) is 12.3. The third-order valence-corrected chi connectivity index (χ3v) is 18.6. The molecule has 408 valence electrons. The van der Waals surface area contributed by atoms with Crippen molar-refractivity contribution < 1.29 is 48.8 Å². The first-order chi connectivity index (χ1) is 35.2. The summed E-state index contributed by atoms with van der Waals surface area (Å²) in [5.41, 5.74) is -2.31. The number of thioether (sulfide) groups is 1. The van der Waals surface area contributed by atoms with Crippen LogP contribution in [0.15, 0.2) is 98.6 Å². The highest BCUT2D eigenvalue weighted by Gasteiger charge is 2.49. The smallest absolute Gasteiger partial charge is 0.380 e. The zero-order chi connectivity index (χ0) is 53.5. The first kappa shape index (κ1) is 58.8. The molecule has 13 nitrogen and oxygen atoms in total. The van der Waals surface area contributed by atoms with Crippen LogP contribution >= 0.6 is 11.8 Å². The Hall–Kier alpha value is -4.50. The number of nitrogens with one attached hydrogen (secondary N) is 3. The maximum atomic E-state index is 14.7. The number of alkyl halides is 4. The molecule has 6 rings (SSSR count). The van der Waals surface area contributed by atoms with Crippen molar-refractivity contribution >= 4 is 61.6 Å².